The number of aromatic amines is 1. The van der Waals surface area contributed by atoms with Gasteiger partial charge in [-0.25, -0.2) is 4.98 Å². The maximum Gasteiger partial charge on any atom is 0.314 e. The predicted octanol–water partition coefficient (Wildman–Crippen LogP) is 2.83. The molecule has 1 aliphatic carbocycles. The van der Waals surface area contributed by atoms with Crippen molar-refractivity contribution in [1.82, 2.24) is 9.97 Å². The average molecular weight is 252 g/mol. The molecule has 19 heavy (non-hydrogen) atoms. The van der Waals surface area contributed by atoms with E-state index in [2.05, 4.69) is 9.97 Å². The number of nitrogens with zero attached hydrogens (tertiary/aromatic N) is 1. The van der Waals surface area contributed by atoms with Crippen LogP contribution in [-0.2, 0) is 10.2 Å². The average Bonchev–Trinajstić information content (AvgIpc) is 3.15. The van der Waals surface area contributed by atoms with E-state index in [-0.39, 0.29) is 0 Å². The standard InChI is InChI=1S/C15H12N2O2/c18-14(19)15(5-6-15)9-3-4-12-11(8-9)10-2-1-7-16-13(10)17-12/h1-4,7-8H,5-6H2,(H,16,17)(H,18,19). The number of rotatable bonds is 2. The third-order valence-corrected chi connectivity index (χ3v) is 4.08. The molecule has 1 aromatic carbocycles. The number of benzene rings is 1. The van der Waals surface area contributed by atoms with Gasteiger partial charge in [-0.05, 0) is 42.7 Å². The Balaban J connectivity index is 2.01. The zero-order chi connectivity index (χ0) is 13.0. The van der Waals surface area contributed by atoms with E-state index in [1.165, 1.54) is 0 Å². The van der Waals surface area contributed by atoms with E-state index < -0.39 is 11.4 Å². The van der Waals surface area contributed by atoms with Gasteiger partial charge >= 0.3 is 5.97 Å². The summed E-state index contributed by atoms with van der Waals surface area (Å²) in [4.78, 5) is 18.9. The number of H-pyrrole nitrogens is 1. The first-order valence-corrected chi connectivity index (χ1v) is 6.31. The summed E-state index contributed by atoms with van der Waals surface area (Å²) in [5.41, 5.74) is 2.09. The molecule has 2 aromatic heterocycles. The molecule has 1 aliphatic rings. The van der Waals surface area contributed by atoms with Crippen LogP contribution in [0.2, 0.25) is 0 Å². The van der Waals surface area contributed by atoms with Crippen LogP contribution in [0, 0.1) is 0 Å². The number of aromatic nitrogens is 2. The molecule has 1 saturated carbocycles. The van der Waals surface area contributed by atoms with Crippen molar-refractivity contribution in [2.24, 2.45) is 0 Å². The minimum atomic E-state index is -0.718. The number of fused-ring (bicyclic) bond motifs is 3. The van der Waals surface area contributed by atoms with E-state index >= 15 is 0 Å². The maximum atomic E-state index is 11.4. The van der Waals surface area contributed by atoms with Crippen molar-refractivity contribution >= 4 is 27.9 Å². The number of pyridine rings is 1. The third kappa shape index (κ3) is 1.34. The highest BCUT2D eigenvalue weighted by atomic mass is 16.4. The third-order valence-electron chi connectivity index (χ3n) is 4.08. The molecule has 0 saturated heterocycles. The minimum absolute atomic E-state index is 0.653. The molecule has 4 heteroatoms. The Morgan fingerprint density at radius 1 is 1.26 bits per heavy atom. The van der Waals surface area contributed by atoms with Gasteiger partial charge in [-0.15, -0.1) is 0 Å². The summed E-state index contributed by atoms with van der Waals surface area (Å²) in [5, 5.41) is 11.5. The van der Waals surface area contributed by atoms with Gasteiger partial charge in [-0.2, -0.15) is 0 Å². The smallest absolute Gasteiger partial charge is 0.314 e. The second-order valence-electron chi connectivity index (χ2n) is 5.17. The predicted molar refractivity (Wildman–Crippen MR) is 72.1 cm³/mol. The Morgan fingerprint density at radius 3 is 2.84 bits per heavy atom. The van der Waals surface area contributed by atoms with Gasteiger partial charge in [0, 0.05) is 22.5 Å². The van der Waals surface area contributed by atoms with Crippen molar-refractivity contribution in [2.45, 2.75) is 18.3 Å². The van der Waals surface area contributed by atoms with Crippen molar-refractivity contribution in [3.05, 3.63) is 42.1 Å². The first kappa shape index (κ1) is 10.6. The first-order valence-electron chi connectivity index (χ1n) is 6.31. The Bertz CT molecular complexity index is 815. The summed E-state index contributed by atoms with van der Waals surface area (Å²) in [6.07, 6.45) is 3.21. The molecule has 4 nitrogen and oxygen atoms in total. The number of carbonyl (C=O) groups is 1. The fourth-order valence-electron chi connectivity index (χ4n) is 2.77. The van der Waals surface area contributed by atoms with Gasteiger partial charge in [0.1, 0.15) is 5.65 Å². The van der Waals surface area contributed by atoms with Crippen LogP contribution in [0.15, 0.2) is 36.5 Å². The molecule has 0 spiro atoms. The summed E-state index contributed by atoms with van der Waals surface area (Å²) in [6.45, 7) is 0. The second kappa shape index (κ2) is 3.35. The van der Waals surface area contributed by atoms with Crippen molar-refractivity contribution in [3.63, 3.8) is 0 Å². The molecular formula is C15H12N2O2. The maximum absolute atomic E-state index is 11.4. The molecule has 2 N–H and O–H groups in total. The lowest BCUT2D eigenvalue weighted by molar-refractivity contribution is -0.140. The summed E-state index contributed by atoms with van der Waals surface area (Å²) < 4.78 is 0. The van der Waals surface area contributed by atoms with E-state index in [1.807, 2.05) is 30.3 Å². The topological polar surface area (TPSA) is 66.0 Å². The van der Waals surface area contributed by atoms with Gasteiger partial charge in [0.25, 0.3) is 0 Å². The lowest BCUT2D eigenvalue weighted by Crippen LogP contribution is -2.19. The highest BCUT2D eigenvalue weighted by molar-refractivity contribution is 6.06. The van der Waals surface area contributed by atoms with Gasteiger partial charge in [0.2, 0.25) is 0 Å². The van der Waals surface area contributed by atoms with Crippen LogP contribution in [0.1, 0.15) is 18.4 Å². The highest BCUT2D eigenvalue weighted by Crippen LogP contribution is 2.49. The van der Waals surface area contributed by atoms with Gasteiger partial charge in [-0.3, -0.25) is 4.79 Å². The van der Waals surface area contributed by atoms with E-state index in [9.17, 15) is 9.90 Å². The SMILES string of the molecule is O=C(O)C1(c2ccc3[nH]c4ncccc4c3c2)CC1. The van der Waals surface area contributed by atoms with Crippen molar-refractivity contribution < 1.29 is 9.90 Å². The Hall–Kier alpha value is -2.36. The Labute approximate surface area is 109 Å². The highest BCUT2D eigenvalue weighted by Gasteiger charge is 2.51. The van der Waals surface area contributed by atoms with Crippen molar-refractivity contribution in [2.75, 3.05) is 0 Å². The normalized spacial score (nSPS) is 16.8. The van der Waals surface area contributed by atoms with Crippen LogP contribution in [0.4, 0.5) is 0 Å². The fraction of sp³-hybridized carbons (Fsp3) is 0.200. The number of carboxylic acid groups (broad SMARTS) is 1. The zero-order valence-electron chi connectivity index (χ0n) is 10.2. The van der Waals surface area contributed by atoms with E-state index in [0.29, 0.717) is 0 Å². The molecule has 94 valence electrons. The first-order chi connectivity index (χ1) is 9.21. The molecule has 0 aliphatic heterocycles. The lowest BCUT2D eigenvalue weighted by Gasteiger charge is -2.09. The number of aliphatic carboxylic acids is 1. The van der Waals surface area contributed by atoms with Crippen LogP contribution in [0.5, 0.6) is 0 Å². The van der Waals surface area contributed by atoms with E-state index in [0.717, 1.165) is 40.3 Å². The van der Waals surface area contributed by atoms with Crippen molar-refractivity contribution in [3.8, 4) is 0 Å². The van der Waals surface area contributed by atoms with E-state index in [1.54, 1.807) is 6.20 Å². The van der Waals surface area contributed by atoms with Crippen LogP contribution in [0.3, 0.4) is 0 Å². The van der Waals surface area contributed by atoms with Gasteiger partial charge in [-0.1, -0.05) is 6.07 Å². The molecular weight excluding hydrogens is 240 g/mol. The van der Waals surface area contributed by atoms with Gasteiger partial charge < -0.3 is 10.1 Å². The zero-order valence-corrected chi connectivity index (χ0v) is 10.2. The van der Waals surface area contributed by atoms with Crippen molar-refractivity contribution in [1.29, 1.82) is 0 Å². The van der Waals surface area contributed by atoms with E-state index in [4.69, 9.17) is 0 Å². The minimum Gasteiger partial charge on any atom is -0.481 e. The number of hydrogen-bond acceptors (Lipinski definition) is 2. The lowest BCUT2D eigenvalue weighted by atomic mass is 9.94. The molecule has 0 atom stereocenters. The number of nitrogens with one attached hydrogen (secondary N) is 1. The van der Waals surface area contributed by atoms with Crippen LogP contribution in [-0.4, -0.2) is 21.0 Å². The molecule has 1 fully saturated rings. The molecule has 2 heterocycles. The molecule has 0 amide bonds. The monoisotopic (exact) mass is 252 g/mol. The van der Waals surface area contributed by atoms with Crippen LogP contribution >= 0.6 is 0 Å². The van der Waals surface area contributed by atoms with Crippen LogP contribution in [0.25, 0.3) is 21.9 Å². The molecule has 0 unspecified atom stereocenters. The summed E-state index contributed by atoms with van der Waals surface area (Å²) in [7, 11) is 0. The largest absolute Gasteiger partial charge is 0.481 e. The quantitative estimate of drug-likeness (QED) is 0.737. The Kier molecular flexibility index (Phi) is 1.86. The number of carboxylic acids is 1. The second-order valence-corrected chi connectivity index (χ2v) is 5.17. The summed E-state index contributed by atoms with van der Waals surface area (Å²) >= 11 is 0. The molecule has 3 aromatic rings. The Morgan fingerprint density at radius 2 is 2.11 bits per heavy atom. The molecule has 4 rings (SSSR count). The molecule has 0 radical (unpaired) electrons. The summed E-state index contributed by atoms with van der Waals surface area (Å²) in [5.74, 6) is -0.718. The van der Waals surface area contributed by atoms with Gasteiger partial charge in [0.05, 0.1) is 5.41 Å². The van der Waals surface area contributed by atoms with Crippen LogP contribution < -0.4 is 0 Å². The fourth-order valence-corrected chi connectivity index (χ4v) is 2.77. The number of hydrogen-bond donors (Lipinski definition) is 2. The van der Waals surface area contributed by atoms with Gasteiger partial charge in [0.15, 0.2) is 0 Å². The molecule has 0 bridgehead atoms. The summed E-state index contributed by atoms with van der Waals surface area (Å²) in [6, 6.07) is 9.77.